The van der Waals surface area contributed by atoms with Crippen molar-refractivity contribution in [2.24, 2.45) is 17.8 Å². The van der Waals surface area contributed by atoms with Gasteiger partial charge in [0.25, 0.3) is 0 Å². The van der Waals surface area contributed by atoms with Gasteiger partial charge in [0.2, 0.25) is 0 Å². The van der Waals surface area contributed by atoms with Gasteiger partial charge in [-0.3, -0.25) is 4.79 Å². The van der Waals surface area contributed by atoms with Crippen LogP contribution in [0.25, 0.3) is 0 Å². The summed E-state index contributed by atoms with van der Waals surface area (Å²) >= 11 is 0. The molecule has 4 bridgehead atoms. The minimum Gasteiger partial charge on any atom is -0.459 e. The van der Waals surface area contributed by atoms with Crippen LogP contribution >= 0.6 is 0 Å². The van der Waals surface area contributed by atoms with Crippen molar-refractivity contribution in [3.63, 3.8) is 0 Å². The van der Waals surface area contributed by atoms with Crippen molar-refractivity contribution < 1.29 is 38.1 Å². The molecule has 0 spiro atoms. The Bertz CT molecular complexity index is 645. The van der Waals surface area contributed by atoms with Crippen LogP contribution < -0.4 is 0 Å². The highest BCUT2D eigenvalue weighted by molar-refractivity contribution is 5.72. The van der Waals surface area contributed by atoms with Gasteiger partial charge in [-0.2, -0.15) is 0 Å². The number of carbonyl (C=O) groups is 3. The molecular weight excluding hydrogens is 368 g/mol. The maximum atomic E-state index is 12.5. The molecule has 1 saturated heterocycles. The SMILES string of the molecule is CCC(C)C(=O)OC12CC3CC(CC(OC(=O)OCC4COC(=O)O4)(C3)C1)C2. The Kier molecular flexibility index (Phi) is 4.91. The van der Waals surface area contributed by atoms with Crippen LogP contribution in [0.15, 0.2) is 0 Å². The molecule has 1 heterocycles. The molecule has 4 atom stereocenters. The van der Waals surface area contributed by atoms with Crippen LogP contribution in [-0.2, 0) is 28.5 Å². The van der Waals surface area contributed by atoms with E-state index in [4.69, 9.17) is 18.9 Å². The van der Waals surface area contributed by atoms with Crippen molar-refractivity contribution >= 4 is 18.3 Å². The highest BCUT2D eigenvalue weighted by Crippen LogP contribution is 2.60. The molecule has 0 N–H and O–H groups in total. The molecule has 8 heteroatoms. The van der Waals surface area contributed by atoms with E-state index >= 15 is 0 Å². The summed E-state index contributed by atoms with van der Waals surface area (Å²) in [5.41, 5.74) is -1.17. The van der Waals surface area contributed by atoms with Crippen molar-refractivity contribution in [3.05, 3.63) is 0 Å². The van der Waals surface area contributed by atoms with Crippen molar-refractivity contribution in [1.82, 2.24) is 0 Å². The molecule has 5 aliphatic rings. The third kappa shape index (κ3) is 3.78. The first-order chi connectivity index (χ1) is 13.3. The lowest BCUT2D eigenvalue weighted by Crippen LogP contribution is -2.62. The largest absolute Gasteiger partial charge is 0.508 e. The van der Waals surface area contributed by atoms with Gasteiger partial charge in [-0.25, -0.2) is 9.59 Å². The molecule has 28 heavy (non-hydrogen) atoms. The summed E-state index contributed by atoms with van der Waals surface area (Å²) in [6.45, 7) is 3.82. The smallest absolute Gasteiger partial charge is 0.459 e. The number of hydrogen-bond acceptors (Lipinski definition) is 8. The van der Waals surface area contributed by atoms with Crippen molar-refractivity contribution in [1.29, 1.82) is 0 Å². The van der Waals surface area contributed by atoms with Gasteiger partial charge in [-0.05, 0) is 50.4 Å². The van der Waals surface area contributed by atoms with Gasteiger partial charge in [0.15, 0.2) is 6.10 Å². The summed E-state index contributed by atoms with van der Waals surface area (Å²) < 4.78 is 26.5. The van der Waals surface area contributed by atoms with Gasteiger partial charge in [0.05, 0.1) is 5.92 Å². The molecule has 5 rings (SSSR count). The predicted octanol–water partition coefficient (Wildman–Crippen LogP) is 3.36. The predicted molar refractivity (Wildman–Crippen MR) is 94.3 cm³/mol. The number of rotatable bonds is 6. The Morgan fingerprint density at radius 1 is 1.14 bits per heavy atom. The van der Waals surface area contributed by atoms with E-state index < -0.39 is 29.6 Å². The molecular formula is C20H28O8. The van der Waals surface area contributed by atoms with E-state index in [1.54, 1.807) is 0 Å². The third-order valence-electron chi connectivity index (χ3n) is 6.62. The molecule has 0 radical (unpaired) electrons. The van der Waals surface area contributed by atoms with E-state index in [1.165, 1.54) is 0 Å². The summed E-state index contributed by atoms with van der Waals surface area (Å²) in [5.74, 6) is 0.488. The van der Waals surface area contributed by atoms with E-state index in [2.05, 4.69) is 4.74 Å². The van der Waals surface area contributed by atoms with Gasteiger partial charge < -0.3 is 23.7 Å². The maximum Gasteiger partial charge on any atom is 0.508 e. The second kappa shape index (κ2) is 7.12. The van der Waals surface area contributed by atoms with Crippen LogP contribution in [0, 0.1) is 17.8 Å². The second-order valence-electron chi connectivity index (χ2n) is 9.02. The highest BCUT2D eigenvalue weighted by Gasteiger charge is 2.61. The molecule has 156 valence electrons. The van der Waals surface area contributed by atoms with Crippen LogP contribution in [0.4, 0.5) is 9.59 Å². The van der Waals surface area contributed by atoms with Crippen LogP contribution in [0.3, 0.4) is 0 Å². The fourth-order valence-corrected chi connectivity index (χ4v) is 5.63. The number of esters is 1. The molecule has 5 fully saturated rings. The normalized spacial score (nSPS) is 39.1. The molecule has 0 amide bonds. The zero-order valence-corrected chi connectivity index (χ0v) is 16.4. The van der Waals surface area contributed by atoms with Crippen molar-refractivity contribution in [2.45, 2.75) is 76.1 Å². The maximum absolute atomic E-state index is 12.5. The van der Waals surface area contributed by atoms with E-state index in [1.807, 2.05) is 13.8 Å². The molecule has 1 aliphatic heterocycles. The fraction of sp³-hybridized carbons (Fsp3) is 0.850. The van der Waals surface area contributed by atoms with Crippen LogP contribution in [0.5, 0.6) is 0 Å². The third-order valence-corrected chi connectivity index (χ3v) is 6.62. The fourth-order valence-electron chi connectivity index (χ4n) is 5.63. The van der Waals surface area contributed by atoms with E-state index in [0.717, 1.165) is 38.5 Å². The van der Waals surface area contributed by atoms with Gasteiger partial charge in [0, 0.05) is 6.42 Å². The minimum absolute atomic E-state index is 0.0656. The monoisotopic (exact) mass is 396 g/mol. The minimum atomic E-state index is -0.770. The van der Waals surface area contributed by atoms with Crippen LogP contribution in [0.2, 0.25) is 0 Å². The molecule has 0 aromatic rings. The standard InChI is InChI=1S/C20H28O8/c1-3-12(2)16(21)27-19-5-13-4-14(6-19)8-20(7-13,11-19)28-18(23)25-10-15-9-24-17(22)26-15/h12-15H,3-11H2,1-2H3. The molecule has 0 aromatic heterocycles. The number of ether oxygens (including phenoxy) is 5. The average Bonchev–Trinajstić information content (AvgIpc) is 3.02. The molecule has 4 unspecified atom stereocenters. The lowest BCUT2D eigenvalue weighted by Gasteiger charge is -2.60. The Balaban J connectivity index is 1.39. The highest BCUT2D eigenvalue weighted by atomic mass is 16.8. The van der Waals surface area contributed by atoms with Crippen LogP contribution in [-0.4, -0.2) is 48.8 Å². The van der Waals surface area contributed by atoms with Gasteiger partial charge in [-0.1, -0.05) is 13.8 Å². The summed E-state index contributed by atoms with van der Waals surface area (Å²) in [6, 6.07) is 0. The van der Waals surface area contributed by atoms with Crippen molar-refractivity contribution in [3.8, 4) is 0 Å². The van der Waals surface area contributed by atoms with Crippen molar-refractivity contribution in [2.75, 3.05) is 13.2 Å². The molecule has 4 aliphatic carbocycles. The summed E-state index contributed by atoms with van der Waals surface area (Å²) in [4.78, 5) is 35.7. The van der Waals surface area contributed by atoms with Crippen LogP contribution in [0.1, 0.15) is 58.8 Å². The van der Waals surface area contributed by atoms with Gasteiger partial charge >= 0.3 is 18.3 Å². The number of hydrogen-bond donors (Lipinski definition) is 0. The molecule has 4 saturated carbocycles. The lowest BCUT2D eigenvalue weighted by atomic mass is 9.52. The molecule has 0 aromatic carbocycles. The van der Waals surface area contributed by atoms with Gasteiger partial charge in [-0.15, -0.1) is 0 Å². The summed E-state index contributed by atoms with van der Waals surface area (Å²) in [5, 5.41) is 0. The molecule has 8 nitrogen and oxygen atoms in total. The topological polar surface area (TPSA) is 97.4 Å². The first-order valence-electron chi connectivity index (χ1n) is 10.2. The Morgan fingerprint density at radius 3 is 2.36 bits per heavy atom. The first-order valence-corrected chi connectivity index (χ1v) is 10.2. The van der Waals surface area contributed by atoms with E-state index in [9.17, 15) is 14.4 Å². The Morgan fingerprint density at radius 2 is 1.79 bits per heavy atom. The Labute approximate surface area is 164 Å². The van der Waals surface area contributed by atoms with E-state index in [0.29, 0.717) is 18.3 Å². The summed E-state index contributed by atoms with van der Waals surface area (Å²) in [7, 11) is 0. The Hall–Kier alpha value is -1.99. The lowest BCUT2D eigenvalue weighted by molar-refractivity contribution is -0.225. The zero-order valence-electron chi connectivity index (χ0n) is 16.4. The first kappa shape index (κ1) is 19.3. The second-order valence-corrected chi connectivity index (χ2v) is 9.02. The average molecular weight is 396 g/mol. The summed E-state index contributed by atoms with van der Waals surface area (Å²) in [6.07, 6.45) is 3.50. The number of cyclic esters (lactones) is 2. The number of carbonyl (C=O) groups excluding carboxylic acids is 3. The quantitative estimate of drug-likeness (QED) is 0.498. The van der Waals surface area contributed by atoms with E-state index in [-0.39, 0.29) is 25.1 Å². The zero-order chi connectivity index (χ0) is 19.9. The van der Waals surface area contributed by atoms with Gasteiger partial charge in [0.1, 0.15) is 24.4 Å².